The van der Waals surface area contributed by atoms with E-state index in [1.807, 2.05) is 54.6 Å². The minimum absolute atomic E-state index is 0.116. The van der Waals surface area contributed by atoms with Crippen LogP contribution in [0.2, 0.25) is 5.02 Å². The second-order valence-electron chi connectivity index (χ2n) is 11.6. The van der Waals surface area contributed by atoms with Gasteiger partial charge in [0.2, 0.25) is 5.88 Å². The van der Waals surface area contributed by atoms with Gasteiger partial charge >= 0.3 is 0 Å². The average Bonchev–Trinajstić information content (AvgIpc) is 3.11. The number of ether oxygens (including phenoxy) is 2. The topological polar surface area (TPSA) is 75.1 Å². The molecular formula is C33H38ClN3O4. The van der Waals surface area contributed by atoms with E-state index in [9.17, 15) is 9.90 Å². The van der Waals surface area contributed by atoms with Gasteiger partial charge in [0.15, 0.2) is 5.60 Å². The van der Waals surface area contributed by atoms with E-state index in [-0.39, 0.29) is 5.91 Å². The summed E-state index contributed by atoms with van der Waals surface area (Å²) in [7, 11) is 3.46. The van der Waals surface area contributed by atoms with Crippen molar-refractivity contribution in [2.75, 3.05) is 33.7 Å². The highest BCUT2D eigenvalue weighted by atomic mass is 35.5. The Balaban J connectivity index is 1.32. The maximum absolute atomic E-state index is 12.8. The number of likely N-dealkylation sites (N-methyl/N-ethyl adjacent to an activating group) is 1. The smallest absolute Gasteiger partial charge is 0.265 e. The molecule has 3 aromatic rings. The van der Waals surface area contributed by atoms with E-state index in [1.165, 1.54) is 0 Å². The van der Waals surface area contributed by atoms with E-state index < -0.39 is 11.2 Å². The van der Waals surface area contributed by atoms with Crippen molar-refractivity contribution in [1.82, 2.24) is 14.8 Å². The van der Waals surface area contributed by atoms with Crippen LogP contribution in [-0.2, 0) is 16.8 Å². The predicted octanol–water partition coefficient (Wildman–Crippen LogP) is 6.09. The minimum Gasteiger partial charge on any atom is -0.478 e. The van der Waals surface area contributed by atoms with E-state index in [0.29, 0.717) is 41.7 Å². The molecule has 1 saturated heterocycles. The lowest BCUT2D eigenvalue weighted by atomic mass is 9.84. The third kappa shape index (κ3) is 6.43. The Morgan fingerprint density at radius 2 is 1.88 bits per heavy atom. The van der Waals surface area contributed by atoms with Crippen LogP contribution in [0.3, 0.4) is 0 Å². The van der Waals surface area contributed by atoms with Crippen LogP contribution in [-0.4, -0.2) is 65.1 Å². The van der Waals surface area contributed by atoms with Crippen molar-refractivity contribution in [2.24, 2.45) is 0 Å². The van der Waals surface area contributed by atoms with Gasteiger partial charge in [-0.15, -0.1) is 0 Å². The summed E-state index contributed by atoms with van der Waals surface area (Å²) in [5.41, 5.74) is 2.02. The number of carbonyl (C=O) groups is 1. The average molecular weight is 576 g/mol. The molecule has 2 aliphatic heterocycles. The number of rotatable bonds is 7. The van der Waals surface area contributed by atoms with Gasteiger partial charge in [-0.3, -0.25) is 4.79 Å². The quantitative estimate of drug-likeness (QED) is 0.368. The molecule has 3 heterocycles. The third-order valence-electron chi connectivity index (χ3n) is 7.97. The Hall–Kier alpha value is -3.39. The first-order valence-corrected chi connectivity index (χ1v) is 14.5. The van der Waals surface area contributed by atoms with Crippen molar-refractivity contribution in [1.29, 1.82) is 0 Å². The molecule has 1 amide bonds. The molecule has 0 bridgehead atoms. The minimum atomic E-state index is -1.04. The highest BCUT2D eigenvalue weighted by molar-refractivity contribution is 6.30. The standard InChI is InChI=1S/C33H38ClN3O4/c1-32(2,31(38)36(3)4)41-29-11-5-10-28-27(29)22-23(26-9-6-18-35-30(26)40-28)8-7-19-37-20-16-33(39,17-21-37)24-12-14-25(34)15-13-24/h5-6,8-15,18,39H,7,16-17,19-22H2,1-4H3. The van der Waals surface area contributed by atoms with E-state index in [2.05, 4.69) is 16.0 Å². The molecule has 8 heteroatoms. The monoisotopic (exact) mass is 575 g/mol. The highest BCUT2D eigenvalue weighted by Crippen LogP contribution is 2.42. The summed E-state index contributed by atoms with van der Waals surface area (Å²) in [6, 6.07) is 17.2. The van der Waals surface area contributed by atoms with Crippen LogP contribution in [0.1, 0.15) is 49.8 Å². The molecule has 0 aliphatic carbocycles. The van der Waals surface area contributed by atoms with Crippen LogP contribution < -0.4 is 9.47 Å². The first-order valence-electron chi connectivity index (χ1n) is 14.1. The largest absolute Gasteiger partial charge is 0.478 e. The number of pyridine rings is 1. The normalized spacial score (nSPS) is 17.7. The lowest BCUT2D eigenvalue weighted by molar-refractivity contribution is -0.142. The molecule has 7 nitrogen and oxygen atoms in total. The number of hydrogen-bond donors (Lipinski definition) is 1. The molecule has 1 N–H and O–H groups in total. The highest BCUT2D eigenvalue weighted by Gasteiger charge is 2.35. The molecule has 0 unspecified atom stereocenters. The van der Waals surface area contributed by atoms with E-state index in [4.69, 9.17) is 21.1 Å². The number of piperidine rings is 1. The predicted molar refractivity (Wildman–Crippen MR) is 161 cm³/mol. The van der Waals surface area contributed by atoms with Crippen molar-refractivity contribution in [2.45, 2.75) is 50.7 Å². The number of amides is 1. The van der Waals surface area contributed by atoms with Crippen molar-refractivity contribution in [3.63, 3.8) is 0 Å². The lowest BCUT2D eigenvalue weighted by Gasteiger charge is -2.38. The molecule has 2 aliphatic rings. The van der Waals surface area contributed by atoms with Gasteiger partial charge in [0.1, 0.15) is 11.5 Å². The summed E-state index contributed by atoms with van der Waals surface area (Å²) in [4.78, 5) is 21.3. The van der Waals surface area contributed by atoms with Crippen LogP contribution in [0.15, 0.2) is 66.9 Å². The zero-order valence-corrected chi connectivity index (χ0v) is 24.9. The van der Waals surface area contributed by atoms with Crippen molar-refractivity contribution >= 4 is 23.1 Å². The Morgan fingerprint density at radius 1 is 1.15 bits per heavy atom. The molecule has 0 radical (unpaired) electrons. The first-order chi connectivity index (χ1) is 19.6. The summed E-state index contributed by atoms with van der Waals surface area (Å²) in [5, 5.41) is 11.9. The van der Waals surface area contributed by atoms with Crippen LogP contribution >= 0.6 is 11.6 Å². The molecule has 216 valence electrons. The summed E-state index contributed by atoms with van der Waals surface area (Å²) < 4.78 is 12.6. The zero-order chi connectivity index (χ0) is 29.2. The molecule has 0 saturated carbocycles. The molecule has 0 spiro atoms. The molecule has 2 aromatic carbocycles. The second kappa shape index (κ2) is 11.8. The van der Waals surface area contributed by atoms with Crippen LogP contribution in [0.4, 0.5) is 0 Å². The summed E-state index contributed by atoms with van der Waals surface area (Å²) in [6.45, 7) is 6.09. The van der Waals surface area contributed by atoms with Crippen LogP contribution in [0.5, 0.6) is 17.4 Å². The molecule has 5 rings (SSSR count). The number of likely N-dealkylation sites (tertiary alicyclic amines) is 1. The number of nitrogens with zero attached hydrogens (tertiary/aromatic N) is 3. The Labute approximate surface area is 247 Å². The number of halogens is 1. The van der Waals surface area contributed by atoms with Gasteiger partial charge in [0.05, 0.1) is 5.60 Å². The fourth-order valence-electron chi connectivity index (χ4n) is 5.67. The fourth-order valence-corrected chi connectivity index (χ4v) is 5.80. The Morgan fingerprint density at radius 3 is 2.59 bits per heavy atom. The second-order valence-corrected chi connectivity index (χ2v) is 12.0. The Bertz CT molecular complexity index is 1430. The lowest BCUT2D eigenvalue weighted by Crippen LogP contribution is -2.46. The van der Waals surface area contributed by atoms with Crippen LogP contribution in [0.25, 0.3) is 5.57 Å². The molecule has 41 heavy (non-hydrogen) atoms. The molecule has 1 fully saturated rings. The van der Waals surface area contributed by atoms with Gasteiger partial charge < -0.3 is 24.4 Å². The maximum Gasteiger partial charge on any atom is 0.265 e. The number of aliphatic hydroxyl groups is 1. The number of benzene rings is 2. The van der Waals surface area contributed by atoms with Crippen molar-refractivity contribution in [3.8, 4) is 17.4 Å². The van der Waals surface area contributed by atoms with Gasteiger partial charge in [0, 0.05) is 62.5 Å². The maximum atomic E-state index is 12.8. The zero-order valence-electron chi connectivity index (χ0n) is 24.2. The molecule has 0 atom stereocenters. The van der Waals surface area contributed by atoms with Crippen molar-refractivity contribution < 1.29 is 19.4 Å². The van der Waals surface area contributed by atoms with Crippen molar-refractivity contribution in [3.05, 3.63) is 88.6 Å². The van der Waals surface area contributed by atoms with Gasteiger partial charge in [-0.25, -0.2) is 4.98 Å². The number of aromatic nitrogens is 1. The summed E-state index contributed by atoms with van der Waals surface area (Å²) in [6.07, 6.45) is 6.78. The molecular weight excluding hydrogens is 538 g/mol. The summed E-state index contributed by atoms with van der Waals surface area (Å²) in [5.74, 6) is 1.74. The number of carbonyl (C=O) groups excluding carboxylic acids is 1. The number of fused-ring (bicyclic) bond motifs is 2. The third-order valence-corrected chi connectivity index (χ3v) is 8.22. The fraction of sp³-hybridized carbons (Fsp3) is 0.394. The number of allylic oxidation sites excluding steroid dienone is 1. The van der Waals surface area contributed by atoms with Gasteiger partial charge in [0.25, 0.3) is 5.91 Å². The van der Waals surface area contributed by atoms with E-state index in [1.54, 1.807) is 39.0 Å². The first kappa shape index (κ1) is 29.1. The van der Waals surface area contributed by atoms with Gasteiger partial charge in [-0.2, -0.15) is 0 Å². The van der Waals surface area contributed by atoms with Gasteiger partial charge in [-0.1, -0.05) is 35.9 Å². The summed E-state index contributed by atoms with van der Waals surface area (Å²) >= 11 is 6.04. The van der Waals surface area contributed by atoms with E-state index in [0.717, 1.165) is 48.3 Å². The van der Waals surface area contributed by atoms with Gasteiger partial charge in [-0.05, 0) is 80.6 Å². The van der Waals surface area contributed by atoms with E-state index >= 15 is 0 Å². The van der Waals surface area contributed by atoms with Crippen LogP contribution in [0, 0.1) is 0 Å². The Kier molecular flexibility index (Phi) is 8.41. The SMILES string of the molecule is CN(C)C(=O)C(C)(C)Oc1cccc2c1CC(=CCCN1CCC(O)(c3ccc(Cl)cc3)CC1)c1cccnc1O2. The molecule has 1 aromatic heterocycles. The number of hydrogen-bond acceptors (Lipinski definition) is 6.